The van der Waals surface area contributed by atoms with Crippen molar-refractivity contribution in [2.24, 2.45) is 0 Å². The fourth-order valence-corrected chi connectivity index (χ4v) is 4.80. The van der Waals surface area contributed by atoms with Gasteiger partial charge < -0.3 is 9.64 Å². The number of rotatable bonds is 5. The lowest BCUT2D eigenvalue weighted by molar-refractivity contribution is -0.121. The number of ether oxygens (including phenoxy) is 1. The van der Waals surface area contributed by atoms with Gasteiger partial charge in [0, 0.05) is 18.7 Å². The maximum absolute atomic E-state index is 12.9. The molecule has 29 heavy (non-hydrogen) atoms. The number of fused-ring (bicyclic) bond motifs is 1. The van der Waals surface area contributed by atoms with E-state index in [-0.39, 0.29) is 29.9 Å². The van der Waals surface area contributed by atoms with Gasteiger partial charge >= 0.3 is 0 Å². The average Bonchev–Trinajstić information content (AvgIpc) is 3.04. The summed E-state index contributed by atoms with van der Waals surface area (Å²) >= 11 is 1.25. The average molecular weight is 410 g/mol. The maximum atomic E-state index is 12.9. The number of aryl methyl sites for hydroxylation is 1. The zero-order valence-electron chi connectivity index (χ0n) is 16.2. The molecule has 3 amide bonds. The third-order valence-corrected chi connectivity index (χ3v) is 6.42. The molecule has 2 aromatic carbocycles. The number of hydrogen-bond acceptors (Lipinski definition) is 5. The first-order chi connectivity index (χ1) is 14.1. The molecular weight excluding hydrogens is 388 g/mol. The van der Waals surface area contributed by atoms with Crippen molar-refractivity contribution in [2.75, 3.05) is 29.2 Å². The Morgan fingerprint density at radius 2 is 1.97 bits per heavy atom. The minimum Gasteiger partial charge on any atom is -0.497 e. The summed E-state index contributed by atoms with van der Waals surface area (Å²) in [6.07, 6.45) is 1.92. The zero-order chi connectivity index (χ0) is 20.4. The second-order valence-corrected chi connectivity index (χ2v) is 8.24. The Hall–Kier alpha value is -2.80. The number of thioether (sulfide) groups is 1. The van der Waals surface area contributed by atoms with Gasteiger partial charge in [-0.25, -0.2) is 4.90 Å². The van der Waals surface area contributed by atoms with Crippen LogP contribution in [0, 0.1) is 0 Å². The van der Waals surface area contributed by atoms with E-state index >= 15 is 0 Å². The van der Waals surface area contributed by atoms with E-state index in [0.717, 1.165) is 29.8 Å². The second-order valence-electron chi connectivity index (χ2n) is 7.05. The molecule has 7 heteroatoms. The summed E-state index contributed by atoms with van der Waals surface area (Å²) in [5, 5.41) is -0.521. The van der Waals surface area contributed by atoms with E-state index in [1.807, 2.05) is 24.3 Å². The van der Waals surface area contributed by atoms with Crippen LogP contribution < -0.4 is 14.5 Å². The number of carbonyl (C=O) groups excluding carboxylic acids is 3. The van der Waals surface area contributed by atoms with Crippen molar-refractivity contribution in [3.63, 3.8) is 0 Å². The molecule has 1 atom stereocenters. The summed E-state index contributed by atoms with van der Waals surface area (Å²) in [4.78, 5) is 41.0. The van der Waals surface area contributed by atoms with Gasteiger partial charge in [0.25, 0.3) is 0 Å². The van der Waals surface area contributed by atoms with E-state index in [4.69, 9.17) is 4.74 Å². The molecule has 0 N–H and O–H groups in total. The smallest absolute Gasteiger partial charge is 0.247 e. The Morgan fingerprint density at radius 1 is 1.17 bits per heavy atom. The second kappa shape index (κ2) is 8.29. The van der Waals surface area contributed by atoms with Crippen LogP contribution in [0.25, 0.3) is 0 Å². The first-order valence-corrected chi connectivity index (χ1v) is 10.6. The van der Waals surface area contributed by atoms with Crippen LogP contribution in [-0.2, 0) is 20.8 Å². The SMILES string of the molecule is COc1ccc2c(c1)CCCN2C(=O)CS[C@H]1CC(=O)N(c2ccccc2)C1=O. The molecule has 1 saturated heterocycles. The number of para-hydroxylation sites is 1. The summed E-state index contributed by atoms with van der Waals surface area (Å²) in [6, 6.07) is 14.7. The number of methoxy groups -OCH3 is 1. The predicted octanol–water partition coefficient (Wildman–Crippen LogP) is 3.04. The van der Waals surface area contributed by atoms with Crippen LogP contribution in [-0.4, -0.2) is 42.4 Å². The highest BCUT2D eigenvalue weighted by Gasteiger charge is 2.40. The van der Waals surface area contributed by atoms with Crippen LogP contribution in [0.15, 0.2) is 48.5 Å². The monoisotopic (exact) mass is 410 g/mol. The van der Waals surface area contributed by atoms with Crippen LogP contribution in [0.1, 0.15) is 18.4 Å². The quantitative estimate of drug-likeness (QED) is 0.709. The highest BCUT2D eigenvalue weighted by atomic mass is 32.2. The summed E-state index contributed by atoms with van der Waals surface area (Å²) in [6.45, 7) is 0.659. The zero-order valence-corrected chi connectivity index (χ0v) is 17.0. The normalized spacial score (nSPS) is 18.7. The maximum Gasteiger partial charge on any atom is 0.247 e. The van der Waals surface area contributed by atoms with Gasteiger partial charge in [0.05, 0.1) is 23.8 Å². The lowest BCUT2D eigenvalue weighted by atomic mass is 10.0. The number of amides is 3. The van der Waals surface area contributed by atoms with Crippen LogP contribution in [0.2, 0.25) is 0 Å². The molecule has 2 aromatic rings. The van der Waals surface area contributed by atoms with E-state index in [2.05, 4.69) is 0 Å². The molecule has 0 radical (unpaired) electrons. The Morgan fingerprint density at radius 3 is 2.72 bits per heavy atom. The van der Waals surface area contributed by atoms with Gasteiger partial charge in [0.1, 0.15) is 5.75 Å². The van der Waals surface area contributed by atoms with Crippen molar-refractivity contribution < 1.29 is 19.1 Å². The minimum absolute atomic E-state index is 0.0421. The van der Waals surface area contributed by atoms with Crippen molar-refractivity contribution in [2.45, 2.75) is 24.5 Å². The first-order valence-electron chi connectivity index (χ1n) is 9.59. The van der Waals surface area contributed by atoms with Crippen LogP contribution in [0.4, 0.5) is 11.4 Å². The van der Waals surface area contributed by atoms with E-state index in [1.54, 1.807) is 36.3 Å². The summed E-state index contributed by atoms with van der Waals surface area (Å²) in [7, 11) is 1.63. The largest absolute Gasteiger partial charge is 0.497 e. The summed E-state index contributed by atoms with van der Waals surface area (Å²) in [5.41, 5.74) is 2.58. The number of anilines is 2. The predicted molar refractivity (Wildman–Crippen MR) is 113 cm³/mol. The molecule has 0 spiro atoms. The fraction of sp³-hybridized carbons (Fsp3) is 0.318. The number of carbonyl (C=O) groups is 3. The molecule has 0 aliphatic carbocycles. The molecule has 150 valence electrons. The summed E-state index contributed by atoms with van der Waals surface area (Å²) in [5.74, 6) is 0.435. The number of hydrogen-bond donors (Lipinski definition) is 0. The fourth-order valence-electron chi connectivity index (χ4n) is 3.79. The van der Waals surface area contributed by atoms with Crippen molar-refractivity contribution >= 4 is 40.9 Å². The highest BCUT2D eigenvalue weighted by Crippen LogP contribution is 2.33. The van der Waals surface area contributed by atoms with E-state index in [0.29, 0.717) is 12.2 Å². The molecule has 0 bridgehead atoms. The molecular formula is C22H22N2O4S. The Balaban J connectivity index is 1.42. The van der Waals surface area contributed by atoms with Gasteiger partial charge in [-0.05, 0) is 48.7 Å². The van der Waals surface area contributed by atoms with E-state index in [1.165, 1.54) is 16.7 Å². The van der Waals surface area contributed by atoms with Crippen molar-refractivity contribution in [1.82, 2.24) is 0 Å². The molecule has 1 fully saturated rings. The van der Waals surface area contributed by atoms with Gasteiger partial charge in [-0.15, -0.1) is 11.8 Å². The third-order valence-electron chi connectivity index (χ3n) is 5.23. The topological polar surface area (TPSA) is 66.9 Å². The van der Waals surface area contributed by atoms with Gasteiger partial charge in [-0.3, -0.25) is 14.4 Å². The Labute approximate surface area is 173 Å². The molecule has 4 rings (SSSR count). The first kappa shape index (κ1) is 19.5. The van der Waals surface area contributed by atoms with Gasteiger partial charge in [-0.1, -0.05) is 18.2 Å². The Bertz CT molecular complexity index is 947. The molecule has 0 aromatic heterocycles. The van der Waals surface area contributed by atoms with Crippen molar-refractivity contribution in [3.8, 4) is 5.75 Å². The highest BCUT2D eigenvalue weighted by molar-refractivity contribution is 8.01. The van der Waals surface area contributed by atoms with Crippen LogP contribution in [0.3, 0.4) is 0 Å². The third kappa shape index (κ3) is 3.87. The lowest BCUT2D eigenvalue weighted by Gasteiger charge is -2.30. The van der Waals surface area contributed by atoms with Crippen molar-refractivity contribution in [1.29, 1.82) is 0 Å². The van der Waals surface area contributed by atoms with Gasteiger partial charge in [-0.2, -0.15) is 0 Å². The molecule has 0 unspecified atom stereocenters. The molecule has 2 heterocycles. The van der Waals surface area contributed by atoms with Crippen LogP contribution in [0.5, 0.6) is 5.75 Å². The van der Waals surface area contributed by atoms with Crippen LogP contribution >= 0.6 is 11.8 Å². The number of benzene rings is 2. The van der Waals surface area contributed by atoms with Gasteiger partial charge in [0.2, 0.25) is 17.7 Å². The van der Waals surface area contributed by atoms with E-state index < -0.39 is 5.25 Å². The molecule has 2 aliphatic heterocycles. The summed E-state index contributed by atoms with van der Waals surface area (Å²) < 4.78 is 5.28. The molecule has 2 aliphatic rings. The number of nitrogens with zero attached hydrogens (tertiary/aromatic N) is 2. The minimum atomic E-state index is -0.521. The molecule has 6 nitrogen and oxygen atoms in total. The van der Waals surface area contributed by atoms with E-state index in [9.17, 15) is 14.4 Å². The standard InChI is InChI=1S/C22H22N2O4S/c1-28-17-9-10-18-15(12-17)6-5-11-23(18)21(26)14-29-19-13-20(25)24(22(19)27)16-7-3-2-4-8-16/h2-4,7-10,12,19H,5-6,11,13-14H2,1H3/t19-/m0/s1. The lowest BCUT2D eigenvalue weighted by Crippen LogP contribution is -2.37. The molecule has 0 saturated carbocycles. The number of imide groups is 1. The Kier molecular flexibility index (Phi) is 5.58. The van der Waals surface area contributed by atoms with Gasteiger partial charge in [0.15, 0.2) is 0 Å². The van der Waals surface area contributed by atoms with Crippen molar-refractivity contribution in [3.05, 3.63) is 54.1 Å².